The molecular weight excluding hydrogens is 364 g/mol. The summed E-state index contributed by atoms with van der Waals surface area (Å²) in [5.74, 6) is 2.99. The Balaban J connectivity index is 1.47. The van der Waals surface area contributed by atoms with Crippen molar-refractivity contribution in [1.29, 1.82) is 0 Å². The molecule has 1 fully saturated rings. The van der Waals surface area contributed by atoms with Gasteiger partial charge in [-0.1, -0.05) is 36.4 Å². The van der Waals surface area contributed by atoms with Crippen molar-refractivity contribution in [2.75, 3.05) is 31.4 Å². The summed E-state index contributed by atoms with van der Waals surface area (Å²) >= 11 is 0. The highest BCUT2D eigenvalue weighted by Crippen LogP contribution is 2.28. The summed E-state index contributed by atoms with van der Waals surface area (Å²) in [5, 5.41) is 6.85. The van der Waals surface area contributed by atoms with Gasteiger partial charge in [0.25, 0.3) is 0 Å². The van der Waals surface area contributed by atoms with E-state index < -0.39 is 0 Å². The Labute approximate surface area is 171 Å². The molecule has 0 amide bonds. The van der Waals surface area contributed by atoms with Gasteiger partial charge in [0.15, 0.2) is 11.5 Å². The van der Waals surface area contributed by atoms with Gasteiger partial charge in [-0.2, -0.15) is 4.98 Å². The Morgan fingerprint density at radius 3 is 2.45 bits per heavy atom. The minimum atomic E-state index is 0.501. The number of anilines is 2. The summed E-state index contributed by atoms with van der Waals surface area (Å²) in [5.41, 5.74) is 3.16. The Kier molecular flexibility index (Phi) is 5.79. The molecule has 150 valence electrons. The molecule has 0 spiro atoms. The van der Waals surface area contributed by atoms with Crippen LogP contribution in [0.4, 0.5) is 11.8 Å². The van der Waals surface area contributed by atoms with Gasteiger partial charge in [0.05, 0.1) is 19.9 Å². The number of ether oxygens (including phenoxy) is 2. The Hall–Kier alpha value is -3.28. The molecule has 0 atom stereocenters. The lowest BCUT2D eigenvalue weighted by Gasteiger charge is -2.12. The van der Waals surface area contributed by atoms with Gasteiger partial charge in [0.1, 0.15) is 5.82 Å². The average molecular weight is 390 g/mol. The summed E-state index contributed by atoms with van der Waals surface area (Å²) in [6.07, 6.45) is 3.21. The molecule has 1 aliphatic carbocycles. The second-order valence-corrected chi connectivity index (χ2v) is 7.11. The van der Waals surface area contributed by atoms with Crippen LogP contribution < -0.4 is 20.1 Å². The Bertz CT molecular complexity index is 958. The van der Waals surface area contributed by atoms with Crippen LogP contribution in [0.15, 0.2) is 54.6 Å². The van der Waals surface area contributed by atoms with Crippen LogP contribution in [-0.4, -0.2) is 36.8 Å². The zero-order chi connectivity index (χ0) is 20.1. The maximum absolute atomic E-state index is 5.39. The molecule has 1 heterocycles. The lowest BCUT2D eigenvalue weighted by Crippen LogP contribution is -2.11. The normalized spacial score (nSPS) is 13.0. The maximum Gasteiger partial charge on any atom is 0.225 e. The van der Waals surface area contributed by atoms with Crippen LogP contribution in [-0.2, 0) is 6.42 Å². The topological polar surface area (TPSA) is 68.3 Å². The van der Waals surface area contributed by atoms with E-state index in [1.165, 1.54) is 18.4 Å². The molecule has 2 aromatic carbocycles. The second kappa shape index (κ2) is 8.82. The number of nitrogens with zero attached hydrogens (tertiary/aromatic N) is 2. The van der Waals surface area contributed by atoms with Crippen LogP contribution in [0.25, 0.3) is 11.3 Å². The first-order valence-electron chi connectivity index (χ1n) is 9.91. The van der Waals surface area contributed by atoms with Gasteiger partial charge in [0, 0.05) is 24.2 Å². The summed E-state index contributed by atoms with van der Waals surface area (Å²) in [4.78, 5) is 9.35. The van der Waals surface area contributed by atoms with Crippen molar-refractivity contribution in [3.05, 3.63) is 60.2 Å². The van der Waals surface area contributed by atoms with Gasteiger partial charge in [0.2, 0.25) is 5.95 Å². The van der Waals surface area contributed by atoms with Crippen LogP contribution in [0.1, 0.15) is 18.4 Å². The van der Waals surface area contributed by atoms with Gasteiger partial charge >= 0.3 is 0 Å². The first kappa shape index (κ1) is 19.1. The molecule has 0 radical (unpaired) electrons. The first-order valence-corrected chi connectivity index (χ1v) is 9.91. The van der Waals surface area contributed by atoms with Crippen molar-refractivity contribution in [3.63, 3.8) is 0 Å². The number of hydrogen-bond donors (Lipinski definition) is 2. The van der Waals surface area contributed by atoms with Gasteiger partial charge in [-0.05, 0) is 37.0 Å². The molecule has 1 aromatic heterocycles. The third-order valence-corrected chi connectivity index (χ3v) is 4.87. The highest BCUT2D eigenvalue weighted by molar-refractivity contribution is 5.64. The minimum Gasteiger partial charge on any atom is -0.493 e. The third kappa shape index (κ3) is 4.96. The van der Waals surface area contributed by atoms with Crippen LogP contribution in [0.5, 0.6) is 11.5 Å². The van der Waals surface area contributed by atoms with Crippen molar-refractivity contribution in [1.82, 2.24) is 9.97 Å². The van der Waals surface area contributed by atoms with E-state index in [-0.39, 0.29) is 0 Å². The molecule has 2 N–H and O–H groups in total. The number of hydrogen-bond acceptors (Lipinski definition) is 6. The van der Waals surface area contributed by atoms with Crippen LogP contribution >= 0.6 is 0 Å². The molecule has 0 saturated heterocycles. The number of nitrogens with one attached hydrogen (secondary N) is 2. The standard InChI is InChI=1S/C23H26N4O2/c1-28-20-11-8-16(14-21(20)29-2)12-13-24-22-15-19(17-6-4-3-5-7-17)26-23(27-22)25-18-9-10-18/h3-8,11,14-15,18H,9-10,12-13H2,1-2H3,(H2,24,25,26,27). The quantitative estimate of drug-likeness (QED) is 0.565. The lowest BCUT2D eigenvalue weighted by molar-refractivity contribution is 0.354. The second-order valence-electron chi connectivity index (χ2n) is 7.11. The van der Waals surface area contributed by atoms with E-state index in [0.717, 1.165) is 41.5 Å². The molecule has 6 heteroatoms. The predicted molar refractivity (Wildman–Crippen MR) is 116 cm³/mol. The van der Waals surface area contributed by atoms with E-state index in [1.807, 2.05) is 36.4 Å². The fraction of sp³-hybridized carbons (Fsp3) is 0.304. The molecule has 4 rings (SSSR count). The van der Waals surface area contributed by atoms with E-state index in [2.05, 4.69) is 33.8 Å². The van der Waals surface area contributed by atoms with Gasteiger partial charge < -0.3 is 20.1 Å². The van der Waals surface area contributed by atoms with Gasteiger partial charge in [-0.25, -0.2) is 4.98 Å². The molecular formula is C23H26N4O2. The fourth-order valence-corrected chi connectivity index (χ4v) is 3.14. The molecule has 29 heavy (non-hydrogen) atoms. The summed E-state index contributed by atoms with van der Waals surface area (Å²) in [7, 11) is 3.30. The molecule has 1 aliphatic rings. The Morgan fingerprint density at radius 1 is 0.931 bits per heavy atom. The van der Waals surface area contributed by atoms with Crippen LogP contribution in [0.3, 0.4) is 0 Å². The zero-order valence-corrected chi connectivity index (χ0v) is 16.8. The van der Waals surface area contributed by atoms with Gasteiger partial charge in [-0.15, -0.1) is 0 Å². The van der Waals surface area contributed by atoms with Crippen LogP contribution in [0, 0.1) is 0 Å². The Morgan fingerprint density at radius 2 is 1.72 bits per heavy atom. The van der Waals surface area contributed by atoms with Gasteiger partial charge in [-0.3, -0.25) is 0 Å². The summed E-state index contributed by atoms with van der Waals surface area (Å²) < 4.78 is 10.7. The maximum atomic E-state index is 5.39. The highest BCUT2D eigenvalue weighted by Gasteiger charge is 2.22. The number of rotatable bonds is 9. The molecule has 6 nitrogen and oxygen atoms in total. The van der Waals surface area contributed by atoms with E-state index in [1.54, 1.807) is 14.2 Å². The minimum absolute atomic E-state index is 0.501. The number of aromatic nitrogens is 2. The first-order chi connectivity index (χ1) is 14.2. The monoisotopic (exact) mass is 390 g/mol. The van der Waals surface area contributed by atoms with Crippen LogP contribution in [0.2, 0.25) is 0 Å². The molecule has 0 aliphatic heterocycles. The number of benzene rings is 2. The largest absolute Gasteiger partial charge is 0.493 e. The summed E-state index contributed by atoms with van der Waals surface area (Å²) in [6.45, 7) is 0.754. The third-order valence-electron chi connectivity index (χ3n) is 4.87. The van der Waals surface area contributed by atoms with E-state index in [4.69, 9.17) is 14.5 Å². The summed E-state index contributed by atoms with van der Waals surface area (Å²) in [6, 6.07) is 18.7. The lowest BCUT2D eigenvalue weighted by atomic mass is 10.1. The SMILES string of the molecule is COc1ccc(CCNc2cc(-c3ccccc3)nc(NC3CC3)n2)cc1OC. The van der Waals surface area contributed by atoms with E-state index >= 15 is 0 Å². The van der Waals surface area contributed by atoms with E-state index in [9.17, 15) is 0 Å². The average Bonchev–Trinajstić information content (AvgIpc) is 3.58. The molecule has 0 unspecified atom stereocenters. The van der Waals surface area contributed by atoms with Crippen molar-refractivity contribution in [2.45, 2.75) is 25.3 Å². The fourth-order valence-electron chi connectivity index (χ4n) is 3.14. The molecule has 3 aromatic rings. The highest BCUT2D eigenvalue weighted by atomic mass is 16.5. The smallest absolute Gasteiger partial charge is 0.225 e. The predicted octanol–water partition coefficient (Wildman–Crippen LogP) is 4.39. The molecule has 1 saturated carbocycles. The number of methoxy groups -OCH3 is 2. The van der Waals surface area contributed by atoms with E-state index in [0.29, 0.717) is 12.0 Å². The zero-order valence-electron chi connectivity index (χ0n) is 16.8. The van der Waals surface area contributed by atoms with Crippen molar-refractivity contribution < 1.29 is 9.47 Å². The van der Waals surface area contributed by atoms with Crippen molar-refractivity contribution in [3.8, 4) is 22.8 Å². The van der Waals surface area contributed by atoms with Crippen molar-refractivity contribution >= 4 is 11.8 Å². The van der Waals surface area contributed by atoms with Crippen molar-refractivity contribution in [2.24, 2.45) is 0 Å². The molecule has 0 bridgehead atoms.